The number of hydrogen-bond donors (Lipinski definition) is 0. The molecule has 334 valence electrons. The number of nitriles is 1. The SMILES string of the molecule is [C-]#[N+]c1cccc(-c2ccc3c(c2)c2ccccc2n3-c2ccccc2-c2ccc(-n3c4ccccc4c4cc(-c5cccc(C#N)c5)ccc43)c(-c3nc(-c4ccccc4)nc(-c4ccccc4)n3)c2)c1. The van der Waals surface area contributed by atoms with Crippen molar-refractivity contribution in [2.24, 2.45) is 0 Å². The van der Waals surface area contributed by atoms with E-state index < -0.39 is 0 Å². The number of rotatable bonds is 8. The van der Waals surface area contributed by atoms with E-state index in [2.05, 4.69) is 160 Å². The normalized spacial score (nSPS) is 11.3. The lowest BCUT2D eigenvalue weighted by Gasteiger charge is -2.18. The summed E-state index contributed by atoms with van der Waals surface area (Å²) in [5.74, 6) is 1.70. The molecule has 0 aliphatic rings. The average Bonchev–Trinajstić information content (AvgIpc) is 3.97. The van der Waals surface area contributed by atoms with Crippen molar-refractivity contribution in [3.05, 3.63) is 254 Å². The maximum atomic E-state index is 9.76. The third kappa shape index (κ3) is 7.17. The molecule has 7 heteroatoms. The van der Waals surface area contributed by atoms with Gasteiger partial charge >= 0.3 is 0 Å². The van der Waals surface area contributed by atoms with Gasteiger partial charge in [-0.3, -0.25) is 0 Å². The molecule has 0 amide bonds. The third-order valence-electron chi connectivity index (χ3n) is 13.6. The van der Waals surface area contributed by atoms with Gasteiger partial charge in [0.05, 0.1) is 51.6 Å². The molecule has 10 aromatic carbocycles. The van der Waals surface area contributed by atoms with Crippen LogP contribution in [0.4, 0.5) is 5.69 Å². The number of hydrogen-bond acceptors (Lipinski definition) is 4. The Hall–Kier alpha value is -10.2. The molecule has 3 aromatic heterocycles. The largest absolute Gasteiger partial charge is 0.309 e. The van der Waals surface area contributed by atoms with Gasteiger partial charge < -0.3 is 9.13 Å². The Morgan fingerprint density at radius 3 is 1.43 bits per heavy atom. The fourth-order valence-electron chi connectivity index (χ4n) is 10.3. The Kier molecular flexibility index (Phi) is 10.1. The molecule has 13 aromatic rings. The van der Waals surface area contributed by atoms with E-state index in [4.69, 9.17) is 21.5 Å². The number of aromatic nitrogens is 5. The van der Waals surface area contributed by atoms with Gasteiger partial charge in [0, 0.05) is 43.8 Å². The molecule has 3 heterocycles. The first-order chi connectivity index (χ1) is 35.6. The molecule has 0 fully saturated rings. The smallest absolute Gasteiger partial charge is 0.187 e. The van der Waals surface area contributed by atoms with Crippen molar-refractivity contribution >= 4 is 49.3 Å². The zero-order valence-electron chi connectivity index (χ0n) is 38.6. The quantitative estimate of drug-likeness (QED) is 0.142. The molecule has 0 aliphatic carbocycles. The summed E-state index contributed by atoms with van der Waals surface area (Å²) in [4.78, 5) is 19.5. The minimum atomic E-state index is 0.541. The van der Waals surface area contributed by atoms with Gasteiger partial charge in [-0.1, -0.05) is 164 Å². The minimum Gasteiger partial charge on any atom is -0.309 e. The van der Waals surface area contributed by atoms with Crippen LogP contribution in [-0.2, 0) is 0 Å². The fraction of sp³-hybridized carbons (Fsp3) is 0. The predicted molar refractivity (Wildman–Crippen MR) is 292 cm³/mol. The number of fused-ring (bicyclic) bond motifs is 6. The summed E-state index contributed by atoms with van der Waals surface area (Å²) in [5, 5.41) is 14.2. The molecular weight excluding hydrogens is 879 g/mol. The summed E-state index contributed by atoms with van der Waals surface area (Å²) < 4.78 is 4.70. The van der Waals surface area contributed by atoms with Crippen LogP contribution in [-0.4, -0.2) is 24.1 Å². The summed E-state index contributed by atoms with van der Waals surface area (Å²) in [6.45, 7) is 7.64. The number of para-hydroxylation sites is 3. The Morgan fingerprint density at radius 2 is 0.819 bits per heavy atom. The average molecular weight is 918 g/mol. The van der Waals surface area contributed by atoms with Crippen molar-refractivity contribution in [3.63, 3.8) is 0 Å². The summed E-state index contributed by atoms with van der Waals surface area (Å²) in [6.07, 6.45) is 0. The lowest BCUT2D eigenvalue weighted by molar-refractivity contribution is 1.06. The molecule has 0 spiro atoms. The van der Waals surface area contributed by atoms with E-state index in [1.165, 1.54) is 0 Å². The molecule has 0 aliphatic heterocycles. The summed E-state index contributed by atoms with van der Waals surface area (Å²) in [5.41, 5.74) is 16.1. The van der Waals surface area contributed by atoms with Crippen molar-refractivity contribution in [1.29, 1.82) is 5.26 Å². The van der Waals surface area contributed by atoms with E-state index in [0.29, 0.717) is 28.7 Å². The highest BCUT2D eigenvalue weighted by atomic mass is 15.1. The molecule has 7 nitrogen and oxygen atoms in total. The van der Waals surface area contributed by atoms with Gasteiger partial charge in [-0.15, -0.1) is 0 Å². The fourth-order valence-corrected chi connectivity index (χ4v) is 10.3. The van der Waals surface area contributed by atoms with E-state index in [9.17, 15) is 5.26 Å². The minimum absolute atomic E-state index is 0.541. The standard InChI is InChI=1S/C65H39N7/c1-67-50-23-15-22-46(37-50)48-31-34-60-55(39-48)52-25-9-12-28-58(52)71(60)57-27-11-8-24-51(57)49-32-35-62(56(40-49)65-69-63(43-17-4-2-5-18-43)68-64(70-65)44-19-6-3-7-20-44)72-59-29-13-10-26-53(59)54-38-47(30-33-61(54)72)45-21-14-16-42(36-45)41-66/h2-40H. The van der Waals surface area contributed by atoms with E-state index in [1.54, 1.807) is 0 Å². The van der Waals surface area contributed by atoms with Crippen molar-refractivity contribution in [3.8, 4) is 85.0 Å². The molecule has 0 atom stereocenters. The van der Waals surface area contributed by atoms with Crippen LogP contribution in [0.1, 0.15) is 5.56 Å². The zero-order chi connectivity index (χ0) is 48.1. The van der Waals surface area contributed by atoms with Crippen LogP contribution in [0.15, 0.2) is 237 Å². The van der Waals surface area contributed by atoms with Crippen molar-refractivity contribution in [1.82, 2.24) is 24.1 Å². The molecule has 0 N–H and O–H groups in total. The maximum Gasteiger partial charge on any atom is 0.187 e. The highest BCUT2D eigenvalue weighted by Gasteiger charge is 2.23. The monoisotopic (exact) mass is 917 g/mol. The van der Waals surface area contributed by atoms with Crippen molar-refractivity contribution < 1.29 is 0 Å². The Bertz CT molecular complexity index is 4300. The van der Waals surface area contributed by atoms with Gasteiger partial charge in [0.25, 0.3) is 0 Å². The van der Waals surface area contributed by atoms with Gasteiger partial charge in [0.2, 0.25) is 0 Å². The van der Waals surface area contributed by atoms with Gasteiger partial charge in [0.1, 0.15) is 0 Å². The second-order valence-electron chi connectivity index (χ2n) is 17.8. The van der Waals surface area contributed by atoms with Gasteiger partial charge in [-0.25, -0.2) is 19.8 Å². The third-order valence-corrected chi connectivity index (χ3v) is 13.6. The van der Waals surface area contributed by atoms with Gasteiger partial charge in [0.15, 0.2) is 23.2 Å². The van der Waals surface area contributed by atoms with Crippen LogP contribution in [0.2, 0.25) is 0 Å². The van der Waals surface area contributed by atoms with E-state index in [1.807, 2.05) is 97.1 Å². The molecular formula is C65H39N7. The maximum absolute atomic E-state index is 9.76. The Morgan fingerprint density at radius 1 is 0.347 bits per heavy atom. The summed E-state index contributed by atoms with van der Waals surface area (Å²) in [7, 11) is 0. The van der Waals surface area contributed by atoms with E-state index >= 15 is 0 Å². The van der Waals surface area contributed by atoms with Gasteiger partial charge in [-0.05, 0) is 101 Å². The van der Waals surface area contributed by atoms with Crippen molar-refractivity contribution in [2.45, 2.75) is 0 Å². The van der Waals surface area contributed by atoms with Crippen LogP contribution >= 0.6 is 0 Å². The first-order valence-electron chi connectivity index (χ1n) is 23.8. The first-order valence-corrected chi connectivity index (χ1v) is 23.8. The highest BCUT2D eigenvalue weighted by molar-refractivity contribution is 6.12. The number of benzene rings is 10. The van der Waals surface area contributed by atoms with E-state index in [-0.39, 0.29) is 0 Å². The topological polar surface area (TPSA) is 76.7 Å². The number of nitrogens with zero attached hydrogens (tertiary/aromatic N) is 7. The molecule has 0 unspecified atom stereocenters. The zero-order valence-corrected chi connectivity index (χ0v) is 38.6. The van der Waals surface area contributed by atoms with Crippen LogP contribution in [0.3, 0.4) is 0 Å². The van der Waals surface area contributed by atoms with Crippen LogP contribution in [0, 0.1) is 17.9 Å². The van der Waals surface area contributed by atoms with Crippen LogP contribution in [0.5, 0.6) is 0 Å². The molecule has 13 rings (SSSR count). The molecule has 0 bridgehead atoms. The van der Waals surface area contributed by atoms with E-state index in [0.717, 1.165) is 105 Å². The lowest BCUT2D eigenvalue weighted by atomic mass is 9.98. The highest BCUT2D eigenvalue weighted by Crippen LogP contribution is 2.43. The molecule has 0 saturated heterocycles. The molecule has 0 radical (unpaired) electrons. The second-order valence-corrected chi connectivity index (χ2v) is 17.8. The van der Waals surface area contributed by atoms with Crippen LogP contribution < -0.4 is 0 Å². The summed E-state index contributed by atoms with van der Waals surface area (Å²) in [6, 6.07) is 83.6. The van der Waals surface area contributed by atoms with Gasteiger partial charge in [-0.2, -0.15) is 5.26 Å². The second kappa shape index (κ2) is 17.4. The first kappa shape index (κ1) is 41.9. The Labute approximate surface area is 415 Å². The van der Waals surface area contributed by atoms with Crippen molar-refractivity contribution in [2.75, 3.05) is 0 Å². The molecule has 72 heavy (non-hydrogen) atoms. The lowest BCUT2D eigenvalue weighted by Crippen LogP contribution is -2.04. The molecule has 0 saturated carbocycles. The van der Waals surface area contributed by atoms with Crippen LogP contribution in [0.25, 0.3) is 127 Å². The summed E-state index contributed by atoms with van der Waals surface area (Å²) >= 11 is 0. The predicted octanol–water partition coefficient (Wildman–Crippen LogP) is 16.5. The Balaban J connectivity index is 1.06.